The van der Waals surface area contributed by atoms with Crippen LogP contribution in [-0.4, -0.2) is 55.0 Å². The maximum atomic E-state index is 13.4. The Hall–Kier alpha value is -1.57. The molecule has 4 aliphatic carbocycles. The summed E-state index contributed by atoms with van der Waals surface area (Å²) < 4.78 is 0. The number of allylic oxidation sites excluding steroid dienone is 1. The van der Waals surface area contributed by atoms with E-state index in [1.807, 2.05) is 13.0 Å². The molecule has 1 aromatic heterocycles. The van der Waals surface area contributed by atoms with Crippen LogP contribution < -0.4 is 0 Å². The third-order valence-electron chi connectivity index (χ3n) is 9.86. The number of aliphatic hydroxyl groups excluding tert-OH is 1. The molecule has 5 rings (SSSR count). The number of carbonyl (C=O) groups excluding carboxylic acids is 2. The van der Waals surface area contributed by atoms with Gasteiger partial charge in [-0.2, -0.15) is 11.8 Å². The molecule has 0 bridgehead atoms. The highest BCUT2D eigenvalue weighted by molar-refractivity contribution is 7.99. The number of ketones is 2. The van der Waals surface area contributed by atoms with Crippen molar-refractivity contribution < 1.29 is 19.8 Å². The number of fused-ring (bicyclic) bond motifs is 5. The largest absolute Gasteiger partial charge is 0.393 e. The number of thioether (sulfide) groups is 1. The van der Waals surface area contributed by atoms with E-state index < -0.39 is 17.1 Å². The zero-order chi connectivity index (χ0) is 24.1. The van der Waals surface area contributed by atoms with Crippen LogP contribution in [0.2, 0.25) is 0 Å². The number of aryl methyl sites for hydroxylation is 1. The van der Waals surface area contributed by atoms with Gasteiger partial charge < -0.3 is 10.2 Å². The van der Waals surface area contributed by atoms with Crippen LogP contribution in [0.15, 0.2) is 30.2 Å². The van der Waals surface area contributed by atoms with E-state index in [2.05, 4.69) is 16.9 Å². The zero-order valence-electron chi connectivity index (χ0n) is 20.2. The Morgan fingerprint density at radius 2 is 2.03 bits per heavy atom. The third-order valence-corrected chi connectivity index (χ3v) is 10.8. The lowest BCUT2D eigenvalue weighted by molar-refractivity contribution is -0.178. The first-order chi connectivity index (χ1) is 16.2. The molecular weight excluding hydrogens is 448 g/mol. The van der Waals surface area contributed by atoms with E-state index in [-0.39, 0.29) is 40.5 Å². The van der Waals surface area contributed by atoms with Gasteiger partial charge in [0.2, 0.25) is 0 Å². The van der Waals surface area contributed by atoms with Crippen LogP contribution >= 0.6 is 11.8 Å². The van der Waals surface area contributed by atoms with Crippen LogP contribution in [0.3, 0.4) is 0 Å². The second-order valence-corrected chi connectivity index (χ2v) is 12.5. The molecule has 7 atom stereocenters. The first kappa shape index (κ1) is 24.1. The van der Waals surface area contributed by atoms with Crippen molar-refractivity contribution in [3.05, 3.63) is 35.9 Å². The van der Waals surface area contributed by atoms with Gasteiger partial charge in [0.05, 0.1) is 17.6 Å². The van der Waals surface area contributed by atoms with Crippen molar-refractivity contribution in [2.45, 2.75) is 76.9 Å². The van der Waals surface area contributed by atoms with Crippen molar-refractivity contribution in [2.75, 3.05) is 11.5 Å². The normalized spacial score (nSPS) is 41.3. The fraction of sp³-hybridized carbons (Fsp3) is 0.704. The van der Waals surface area contributed by atoms with E-state index in [1.54, 1.807) is 18.6 Å². The molecule has 0 aliphatic heterocycles. The topological polar surface area (TPSA) is 100 Å². The molecule has 0 spiro atoms. The van der Waals surface area contributed by atoms with Gasteiger partial charge >= 0.3 is 0 Å². The van der Waals surface area contributed by atoms with E-state index in [1.165, 1.54) is 17.3 Å². The minimum atomic E-state index is -1.39. The van der Waals surface area contributed by atoms with Gasteiger partial charge in [-0.3, -0.25) is 19.6 Å². The maximum absolute atomic E-state index is 13.4. The van der Waals surface area contributed by atoms with Crippen LogP contribution in [0.1, 0.15) is 64.5 Å². The highest BCUT2D eigenvalue weighted by atomic mass is 32.2. The van der Waals surface area contributed by atoms with E-state index in [0.29, 0.717) is 19.3 Å². The summed E-state index contributed by atoms with van der Waals surface area (Å²) >= 11 is 1.54. The summed E-state index contributed by atoms with van der Waals surface area (Å²) in [7, 11) is 0. The standard InChI is InChI=1S/C27H36N2O4S/c1-25-8-5-19(30)13-17(25)3-4-20-21-6-9-27(33,26(21,2)14-22(31)24(20)25)23(32)16-34-12-7-18-15-28-10-11-29-18/h10-11,13,15,20-22,24,31,33H,3-9,12,14,16H2,1-2H3/t20?,21?,22?,24?,25?,26?,27-/m0/s1. The number of aliphatic hydroxyl groups is 2. The van der Waals surface area contributed by atoms with Crippen molar-refractivity contribution in [3.63, 3.8) is 0 Å². The summed E-state index contributed by atoms with van der Waals surface area (Å²) in [5.41, 5.74) is -0.0463. The molecule has 6 unspecified atom stereocenters. The maximum Gasteiger partial charge on any atom is 0.174 e. The fourth-order valence-corrected chi connectivity index (χ4v) is 8.99. The average Bonchev–Trinajstić information content (AvgIpc) is 3.08. The van der Waals surface area contributed by atoms with Crippen molar-refractivity contribution in [1.29, 1.82) is 0 Å². The Morgan fingerprint density at radius 3 is 2.79 bits per heavy atom. The van der Waals surface area contributed by atoms with E-state index in [0.717, 1.165) is 43.6 Å². The lowest BCUT2D eigenvalue weighted by Gasteiger charge is -2.60. The molecule has 0 amide bonds. The summed E-state index contributed by atoms with van der Waals surface area (Å²) in [5, 5.41) is 23.3. The van der Waals surface area contributed by atoms with E-state index in [9.17, 15) is 19.8 Å². The van der Waals surface area contributed by atoms with Gasteiger partial charge in [-0.1, -0.05) is 19.4 Å². The number of rotatable bonds is 6. The highest BCUT2D eigenvalue weighted by Gasteiger charge is 2.68. The summed E-state index contributed by atoms with van der Waals surface area (Å²) in [6.45, 7) is 4.28. The Kier molecular flexibility index (Phi) is 6.26. The van der Waals surface area contributed by atoms with Crippen LogP contribution in [0.25, 0.3) is 0 Å². The lowest BCUT2D eigenvalue weighted by atomic mass is 9.45. The zero-order valence-corrected chi connectivity index (χ0v) is 21.0. The van der Waals surface area contributed by atoms with E-state index >= 15 is 0 Å². The third kappa shape index (κ3) is 3.70. The first-order valence-electron chi connectivity index (χ1n) is 12.7. The van der Waals surface area contributed by atoms with Crippen molar-refractivity contribution >= 4 is 23.3 Å². The molecule has 184 valence electrons. The molecule has 7 heteroatoms. The van der Waals surface area contributed by atoms with Crippen molar-refractivity contribution in [3.8, 4) is 0 Å². The molecule has 0 saturated heterocycles. The second kappa shape index (κ2) is 8.82. The monoisotopic (exact) mass is 484 g/mol. The molecular formula is C27H36N2O4S. The van der Waals surface area contributed by atoms with Gasteiger partial charge in [0.25, 0.3) is 0 Å². The molecule has 3 fully saturated rings. The summed E-state index contributed by atoms with van der Waals surface area (Å²) in [5.74, 6) is 1.72. The van der Waals surface area contributed by atoms with Crippen LogP contribution in [0, 0.1) is 28.6 Å². The minimum absolute atomic E-state index is 0.0949. The smallest absolute Gasteiger partial charge is 0.174 e. The first-order valence-corrected chi connectivity index (χ1v) is 13.8. The number of carbonyl (C=O) groups is 2. The minimum Gasteiger partial charge on any atom is -0.393 e. The van der Waals surface area contributed by atoms with Crippen LogP contribution in [0.4, 0.5) is 0 Å². The molecule has 0 radical (unpaired) electrons. The van der Waals surface area contributed by atoms with Gasteiger partial charge in [0, 0.05) is 36.8 Å². The predicted molar refractivity (Wildman–Crippen MR) is 131 cm³/mol. The van der Waals surface area contributed by atoms with E-state index in [4.69, 9.17) is 0 Å². The molecule has 1 heterocycles. The molecule has 6 nitrogen and oxygen atoms in total. The van der Waals surface area contributed by atoms with Gasteiger partial charge in [-0.05, 0) is 73.5 Å². The number of hydrogen-bond donors (Lipinski definition) is 2. The number of hydrogen-bond acceptors (Lipinski definition) is 7. The molecule has 1 aromatic rings. The predicted octanol–water partition coefficient (Wildman–Crippen LogP) is 3.56. The Labute approximate surface area is 206 Å². The molecule has 2 N–H and O–H groups in total. The van der Waals surface area contributed by atoms with Gasteiger partial charge in [-0.25, -0.2) is 0 Å². The lowest BCUT2D eigenvalue weighted by Crippen LogP contribution is -2.62. The Bertz CT molecular complexity index is 1000. The molecule has 0 aromatic carbocycles. The highest BCUT2D eigenvalue weighted by Crippen LogP contribution is 2.67. The fourth-order valence-electron chi connectivity index (χ4n) is 8.07. The quantitative estimate of drug-likeness (QED) is 0.596. The second-order valence-electron chi connectivity index (χ2n) is 11.4. The summed E-state index contributed by atoms with van der Waals surface area (Å²) in [6.07, 6.45) is 12.0. The number of Topliss-reactive ketones (excluding diaryl/α,β-unsaturated/α-hetero) is 1. The molecule has 34 heavy (non-hydrogen) atoms. The van der Waals surface area contributed by atoms with Gasteiger partial charge in [0.1, 0.15) is 5.60 Å². The SMILES string of the molecule is CC12CCC(=O)C=C1CCC1C2C(O)CC2(C)C1CC[C@]2(O)C(=O)CSCCc1cnccn1. The van der Waals surface area contributed by atoms with Gasteiger partial charge in [0.15, 0.2) is 11.6 Å². The van der Waals surface area contributed by atoms with Crippen molar-refractivity contribution in [2.24, 2.45) is 28.6 Å². The molecule has 4 aliphatic rings. The average molecular weight is 485 g/mol. The van der Waals surface area contributed by atoms with Crippen LogP contribution in [0.5, 0.6) is 0 Å². The van der Waals surface area contributed by atoms with Crippen molar-refractivity contribution in [1.82, 2.24) is 9.97 Å². The Balaban J connectivity index is 1.30. The molecule has 3 saturated carbocycles. The van der Waals surface area contributed by atoms with Gasteiger partial charge in [-0.15, -0.1) is 0 Å². The Morgan fingerprint density at radius 1 is 1.21 bits per heavy atom. The summed E-state index contributed by atoms with van der Waals surface area (Å²) in [6, 6.07) is 0. The number of aromatic nitrogens is 2. The van der Waals surface area contributed by atoms with Crippen LogP contribution in [-0.2, 0) is 16.0 Å². The number of nitrogens with zero attached hydrogens (tertiary/aromatic N) is 2. The summed E-state index contributed by atoms with van der Waals surface area (Å²) in [4.78, 5) is 33.8.